The first-order valence-corrected chi connectivity index (χ1v) is 12.5. The molecule has 0 saturated carbocycles. The SMILES string of the molecule is C[C@@H]1[C@H](O)[C@@H](COC(=O)N2CCC(N3CCCCC3)CC2)O[C@@]1(C#N)c1ccc2c(N)ncnn12. The summed E-state index contributed by atoms with van der Waals surface area (Å²) in [7, 11) is 0. The molecular weight excluding hydrogens is 450 g/mol. The Bertz CT molecular complexity index is 1100. The summed E-state index contributed by atoms with van der Waals surface area (Å²) in [4.78, 5) is 21.0. The molecule has 0 radical (unpaired) electrons. The molecule has 5 rings (SSSR count). The first-order chi connectivity index (χ1) is 16.9. The molecule has 4 atom stereocenters. The molecule has 3 fully saturated rings. The zero-order chi connectivity index (χ0) is 24.6. The van der Waals surface area contributed by atoms with Gasteiger partial charge in [-0.1, -0.05) is 13.3 Å². The highest BCUT2D eigenvalue weighted by atomic mass is 16.6. The number of hydrogen-bond acceptors (Lipinski definition) is 9. The van der Waals surface area contributed by atoms with Gasteiger partial charge in [0.2, 0.25) is 5.60 Å². The number of aliphatic hydroxyl groups is 1. The minimum atomic E-state index is -1.48. The molecule has 0 bridgehead atoms. The van der Waals surface area contributed by atoms with Gasteiger partial charge < -0.3 is 30.1 Å². The van der Waals surface area contributed by atoms with E-state index in [0.29, 0.717) is 30.3 Å². The summed E-state index contributed by atoms with van der Waals surface area (Å²) < 4.78 is 13.2. The van der Waals surface area contributed by atoms with Crippen molar-refractivity contribution in [1.29, 1.82) is 5.26 Å². The number of nitrogens with two attached hydrogens (primary N) is 1. The molecule has 2 aromatic rings. The van der Waals surface area contributed by atoms with Crippen molar-refractivity contribution < 1.29 is 19.4 Å². The van der Waals surface area contributed by atoms with E-state index < -0.39 is 29.8 Å². The van der Waals surface area contributed by atoms with Gasteiger partial charge in [-0.05, 0) is 50.9 Å². The number of hydrogen-bond donors (Lipinski definition) is 2. The number of carbonyl (C=O) groups is 1. The summed E-state index contributed by atoms with van der Waals surface area (Å²) in [6.45, 7) is 5.22. The number of aromatic nitrogens is 3. The molecule has 1 amide bonds. The van der Waals surface area contributed by atoms with Crippen molar-refractivity contribution in [2.24, 2.45) is 5.92 Å². The molecule has 0 aromatic carbocycles. The number of piperidine rings is 2. The Labute approximate surface area is 204 Å². The standard InChI is InChI=1S/C24H33N7O4/c1-16-21(32)19(35-24(16,14-25)20-6-5-18-22(26)27-15-28-31(18)20)13-34-23(33)30-11-7-17(8-12-30)29-9-3-2-4-10-29/h5-6,15-17,19,21,32H,2-4,7-13H2,1H3,(H2,26,27,28)/t16-,19-,21+,24-/m1/s1. The molecule has 0 unspecified atom stereocenters. The van der Waals surface area contributed by atoms with E-state index in [-0.39, 0.29) is 12.4 Å². The lowest BCUT2D eigenvalue weighted by molar-refractivity contribution is -0.0612. The van der Waals surface area contributed by atoms with Gasteiger partial charge in [0.05, 0.1) is 11.8 Å². The Hall–Kier alpha value is -2.94. The van der Waals surface area contributed by atoms with E-state index in [4.69, 9.17) is 15.2 Å². The molecule has 0 aliphatic carbocycles. The fraction of sp³-hybridized carbons (Fsp3) is 0.667. The Balaban J connectivity index is 1.22. The van der Waals surface area contributed by atoms with Crippen molar-refractivity contribution in [3.63, 3.8) is 0 Å². The van der Waals surface area contributed by atoms with E-state index in [1.807, 2.05) is 0 Å². The largest absolute Gasteiger partial charge is 0.447 e. The molecule has 3 aliphatic rings. The zero-order valence-corrected chi connectivity index (χ0v) is 20.0. The normalized spacial score (nSPS) is 30.4. The van der Waals surface area contributed by atoms with Crippen LogP contribution < -0.4 is 5.73 Å². The summed E-state index contributed by atoms with van der Waals surface area (Å²) in [6, 6.07) is 6.18. The summed E-state index contributed by atoms with van der Waals surface area (Å²) >= 11 is 0. The van der Waals surface area contributed by atoms with Crippen LogP contribution in [0.5, 0.6) is 0 Å². The molecule has 3 saturated heterocycles. The number of anilines is 1. The van der Waals surface area contributed by atoms with Gasteiger partial charge in [0.25, 0.3) is 0 Å². The lowest BCUT2D eigenvalue weighted by Crippen LogP contribution is -2.48. The topological polar surface area (TPSA) is 142 Å². The lowest BCUT2D eigenvalue weighted by Gasteiger charge is -2.39. The number of carbonyl (C=O) groups excluding carboxylic acids is 1. The lowest BCUT2D eigenvalue weighted by atomic mass is 9.85. The van der Waals surface area contributed by atoms with Crippen LogP contribution in [0.3, 0.4) is 0 Å². The Morgan fingerprint density at radius 1 is 1.29 bits per heavy atom. The van der Waals surface area contributed by atoms with Crippen LogP contribution in [0.1, 0.15) is 44.7 Å². The van der Waals surface area contributed by atoms with Crippen molar-refractivity contribution in [3.05, 3.63) is 24.2 Å². The van der Waals surface area contributed by atoms with Crippen LogP contribution in [-0.2, 0) is 15.1 Å². The first kappa shape index (κ1) is 23.8. The van der Waals surface area contributed by atoms with Crippen LogP contribution in [0.15, 0.2) is 18.5 Å². The second-order valence-electron chi connectivity index (χ2n) is 9.84. The van der Waals surface area contributed by atoms with E-state index >= 15 is 0 Å². The third-order valence-electron chi connectivity index (χ3n) is 7.90. The van der Waals surface area contributed by atoms with Gasteiger partial charge in [-0.3, -0.25) is 0 Å². The number of nitriles is 1. The maximum atomic E-state index is 12.8. The van der Waals surface area contributed by atoms with Crippen LogP contribution in [0.25, 0.3) is 5.52 Å². The van der Waals surface area contributed by atoms with Crippen molar-refractivity contribution >= 4 is 17.4 Å². The number of fused-ring (bicyclic) bond motifs is 1. The first-order valence-electron chi connectivity index (χ1n) is 12.5. The van der Waals surface area contributed by atoms with Gasteiger partial charge in [0.1, 0.15) is 30.6 Å². The molecule has 3 aliphatic heterocycles. The third-order valence-corrected chi connectivity index (χ3v) is 7.90. The van der Waals surface area contributed by atoms with Crippen molar-refractivity contribution in [1.82, 2.24) is 24.4 Å². The van der Waals surface area contributed by atoms with E-state index in [1.54, 1.807) is 24.0 Å². The zero-order valence-electron chi connectivity index (χ0n) is 20.0. The van der Waals surface area contributed by atoms with Crippen LogP contribution in [0.2, 0.25) is 0 Å². The summed E-state index contributed by atoms with van der Waals surface area (Å²) in [5.41, 5.74) is 5.45. The van der Waals surface area contributed by atoms with Crippen LogP contribution in [-0.4, -0.2) is 86.6 Å². The van der Waals surface area contributed by atoms with Gasteiger partial charge in [-0.15, -0.1) is 0 Å². The molecular formula is C24H33N7O4. The highest BCUT2D eigenvalue weighted by Crippen LogP contribution is 2.44. The fourth-order valence-corrected chi connectivity index (χ4v) is 5.77. The van der Waals surface area contributed by atoms with Crippen LogP contribution >= 0.6 is 0 Å². The van der Waals surface area contributed by atoms with Gasteiger partial charge >= 0.3 is 6.09 Å². The fourth-order valence-electron chi connectivity index (χ4n) is 5.77. The molecule has 188 valence electrons. The monoisotopic (exact) mass is 483 g/mol. The molecule has 35 heavy (non-hydrogen) atoms. The van der Waals surface area contributed by atoms with Crippen molar-refractivity contribution in [2.45, 2.75) is 62.9 Å². The van der Waals surface area contributed by atoms with Gasteiger partial charge in [-0.2, -0.15) is 10.4 Å². The second kappa shape index (κ2) is 9.60. The highest BCUT2D eigenvalue weighted by molar-refractivity contribution is 5.68. The van der Waals surface area contributed by atoms with Crippen LogP contribution in [0.4, 0.5) is 10.6 Å². The van der Waals surface area contributed by atoms with E-state index in [0.717, 1.165) is 25.9 Å². The quantitative estimate of drug-likeness (QED) is 0.661. The number of nitrogens with zero attached hydrogens (tertiary/aromatic N) is 6. The number of amides is 1. The molecule has 5 heterocycles. The minimum absolute atomic E-state index is 0.139. The number of likely N-dealkylation sites (tertiary alicyclic amines) is 2. The summed E-state index contributed by atoms with van der Waals surface area (Å²) in [5.74, 6) is -0.314. The molecule has 11 nitrogen and oxygen atoms in total. The number of nitrogen functional groups attached to an aromatic ring is 1. The predicted molar refractivity (Wildman–Crippen MR) is 126 cm³/mol. The molecule has 2 aromatic heterocycles. The maximum absolute atomic E-state index is 12.8. The Morgan fingerprint density at radius 2 is 2.03 bits per heavy atom. The number of rotatable bonds is 4. The van der Waals surface area contributed by atoms with E-state index in [2.05, 4.69) is 21.1 Å². The average Bonchev–Trinajstić information content (AvgIpc) is 3.44. The van der Waals surface area contributed by atoms with E-state index in [9.17, 15) is 15.2 Å². The van der Waals surface area contributed by atoms with Crippen molar-refractivity contribution in [2.75, 3.05) is 38.5 Å². The van der Waals surface area contributed by atoms with Gasteiger partial charge in [-0.25, -0.2) is 14.3 Å². The maximum Gasteiger partial charge on any atom is 0.409 e. The van der Waals surface area contributed by atoms with Crippen LogP contribution in [0, 0.1) is 17.2 Å². The molecule has 11 heteroatoms. The second-order valence-corrected chi connectivity index (χ2v) is 9.84. The number of ether oxygens (including phenoxy) is 2. The van der Waals surface area contributed by atoms with E-state index in [1.165, 1.54) is 30.1 Å². The van der Waals surface area contributed by atoms with Crippen molar-refractivity contribution in [3.8, 4) is 6.07 Å². The van der Waals surface area contributed by atoms with Gasteiger partial charge in [0, 0.05) is 25.0 Å². The number of aliphatic hydroxyl groups excluding tert-OH is 1. The average molecular weight is 484 g/mol. The Morgan fingerprint density at radius 3 is 2.74 bits per heavy atom. The highest BCUT2D eigenvalue weighted by Gasteiger charge is 2.56. The minimum Gasteiger partial charge on any atom is -0.447 e. The molecule has 0 spiro atoms. The summed E-state index contributed by atoms with van der Waals surface area (Å²) in [6.07, 6.45) is 4.76. The smallest absolute Gasteiger partial charge is 0.409 e. The Kier molecular flexibility index (Phi) is 6.53. The predicted octanol–water partition coefficient (Wildman–Crippen LogP) is 1.51. The van der Waals surface area contributed by atoms with Gasteiger partial charge in [0.15, 0.2) is 5.82 Å². The molecule has 3 N–H and O–H groups in total. The summed E-state index contributed by atoms with van der Waals surface area (Å²) in [5, 5.41) is 25.3. The third kappa shape index (κ3) is 4.20.